The summed E-state index contributed by atoms with van der Waals surface area (Å²) < 4.78 is 0. The molecule has 0 saturated heterocycles. The van der Waals surface area contributed by atoms with Gasteiger partial charge in [0.05, 0.1) is 6.61 Å². The molecule has 19 heavy (non-hydrogen) atoms. The Balaban J connectivity index is 2.69. The predicted molar refractivity (Wildman–Crippen MR) is 82.7 cm³/mol. The first-order chi connectivity index (χ1) is 8.95. The van der Waals surface area contributed by atoms with Crippen LogP contribution < -0.4 is 10.2 Å². The van der Waals surface area contributed by atoms with Crippen molar-refractivity contribution in [3.8, 4) is 0 Å². The van der Waals surface area contributed by atoms with Gasteiger partial charge in [0.2, 0.25) is 0 Å². The smallest absolute Gasteiger partial charge is 0.0632 e. The van der Waals surface area contributed by atoms with Crippen LogP contribution in [0.15, 0.2) is 18.2 Å². The zero-order valence-corrected chi connectivity index (χ0v) is 12.9. The molecule has 0 amide bonds. The standard InChI is InChI=1S/C16H28N2O/c1-12(2)9-17-10-15-6-7-16(13(3)8-15)18(5)14(4)11-19/h6-8,12,14,17,19H,9-11H2,1-5H3. The van der Waals surface area contributed by atoms with Crippen LogP contribution in [0.25, 0.3) is 0 Å². The predicted octanol–water partition coefficient (Wildman–Crippen LogP) is 2.56. The highest BCUT2D eigenvalue weighted by Gasteiger charge is 2.11. The quantitative estimate of drug-likeness (QED) is 0.794. The van der Waals surface area contributed by atoms with Crippen molar-refractivity contribution in [1.29, 1.82) is 0 Å². The van der Waals surface area contributed by atoms with Gasteiger partial charge in [0.1, 0.15) is 0 Å². The van der Waals surface area contributed by atoms with Gasteiger partial charge in [-0.25, -0.2) is 0 Å². The van der Waals surface area contributed by atoms with E-state index in [4.69, 9.17) is 0 Å². The average molecular weight is 264 g/mol. The van der Waals surface area contributed by atoms with Crippen LogP contribution in [0, 0.1) is 12.8 Å². The zero-order valence-electron chi connectivity index (χ0n) is 12.9. The molecule has 2 N–H and O–H groups in total. The first kappa shape index (κ1) is 16.0. The van der Waals surface area contributed by atoms with Gasteiger partial charge in [-0.2, -0.15) is 0 Å². The van der Waals surface area contributed by atoms with Crippen molar-refractivity contribution in [1.82, 2.24) is 5.32 Å². The van der Waals surface area contributed by atoms with Crippen LogP contribution in [0.5, 0.6) is 0 Å². The van der Waals surface area contributed by atoms with Gasteiger partial charge >= 0.3 is 0 Å². The number of rotatable bonds is 7. The number of benzene rings is 1. The van der Waals surface area contributed by atoms with E-state index in [1.165, 1.54) is 16.8 Å². The second-order valence-electron chi connectivity index (χ2n) is 5.79. The van der Waals surface area contributed by atoms with Crippen LogP contribution in [0.2, 0.25) is 0 Å². The average Bonchev–Trinajstić information content (AvgIpc) is 2.36. The van der Waals surface area contributed by atoms with Crippen LogP contribution in [-0.2, 0) is 6.54 Å². The molecule has 1 unspecified atom stereocenters. The maximum atomic E-state index is 9.23. The van der Waals surface area contributed by atoms with Gasteiger partial charge in [0.25, 0.3) is 0 Å². The molecule has 0 radical (unpaired) electrons. The topological polar surface area (TPSA) is 35.5 Å². The minimum Gasteiger partial charge on any atom is -0.394 e. The Kier molecular flexibility index (Phi) is 6.32. The van der Waals surface area contributed by atoms with E-state index in [1.807, 2.05) is 14.0 Å². The number of aliphatic hydroxyl groups excluding tert-OH is 1. The monoisotopic (exact) mass is 264 g/mol. The van der Waals surface area contributed by atoms with E-state index in [9.17, 15) is 5.11 Å². The summed E-state index contributed by atoms with van der Waals surface area (Å²) in [5.41, 5.74) is 3.76. The molecule has 0 bridgehead atoms. The lowest BCUT2D eigenvalue weighted by atomic mass is 10.1. The molecule has 1 aromatic carbocycles. The van der Waals surface area contributed by atoms with Gasteiger partial charge in [-0.05, 0) is 43.5 Å². The number of nitrogens with one attached hydrogen (secondary N) is 1. The number of likely N-dealkylation sites (N-methyl/N-ethyl adjacent to an activating group) is 1. The molecule has 0 aliphatic carbocycles. The van der Waals surface area contributed by atoms with Crippen molar-refractivity contribution in [2.24, 2.45) is 5.92 Å². The summed E-state index contributed by atoms with van der Waals surface area (Å²) in [5.74, 6) is 0.678. The van der Waals surface area contributed by atoms with E-state index in [2.05, 4.69) is 49.2 Å². The van der Waals surface area contributed by atoms with E-state index in [0.717, 1.165) is 13.1 Å². The van der Waals surface area contributed by atoms with Gasteiger partial charge in [-0.1, -0.05) is 26.0 Å². The molecule has 0 fully saturated rings. The van der Waals surface area contributed by atoms with Gasteiger partial charge in [-0.3, -0.25) is 0 Å². The summed E-state index contributed by atoms with van der Waals surface area (Å²) in [6.45, 7) is 10.7. The molecule has 0 aromatic heterocycles. The molecule has 1 aromatic rings. The Morgan fingerprint density at radius 2 is 1.95 bits per heavy atom. The maximum absolute atomic E-state index is 9.23. The maximum Gasteiger partial charge on any atom is 0.0632 e. The molecule has 0 heterocycles. The fourth-order valence-corrected chi connectivity index (χ4v) is 2.09. The summed E-state index contributed by atoms with van der Waals surface area (Å²) in [6.07, 6.45) is 0. The number of hydrogen-bond donors (Lipinski definition) is 2. The van der Waals surface area contributed by atoms with E-state index < -0.39 is 0 Å². The van der Waals surface area contributed by atoms with Crippen molar-refractivity contribution >= 4 is 5.69 Å². The van der Waals surface area contributed by atoms with Crippen molar-refractivity contribution in [2.75, 3.05) is 25.1 Å². The van der Waals surface area contributed by atoms with Crippen LogP contribution in [0.4, 0.5) is 5.69 Å². The lowest BCUT2D eigenvalue weighted by Crippen LogP contribution is -2.32. The molecule has 108 valence electrons. The van der Waals surface area contributed by atoms with E-state index in [-0.39, 0.29) is 12.6 Å². The van der Waals surface area contributed by atoms with Crippen LogP contribution >= 0.6 is 0 Å². The highest BCUT2D eigenvalue weighted by Crippen LogP contribution is 2.21. The third-order valence-electron chi connectivity index (χ3n) is 3.45. The Bertz CT molecular complexity index is 390. The number of nitrogens with zero attached hydrogens (tertiary/aromatic N) is 1. The van der Waals surface area contributed by atoms with Crippen molar-refractivity contribution in [3.63, 3.8) is 0 Å². The van der Waals surface area contributed by atoms with E-state index in [0.29, 0.717) is 5.92 Å². The van der Waals surface area contributed by atoms with E-state index in [1.54, 1.807) is 0 Å². The fourth-order valence-electron chi connectivity index (χ4n) is 2.09. The highest BCUT2D eigenvalue weighted by molar-refractivity contribution is 5.54. The first-order valence-corrected chi connectivity index (χ1v) is 7.09. The highest BCUT2D eigenvalue weighted by atomic mass is 16.3. The summed E-state index contributed by atoms with van der Waals surface area (Å²) in [7, 11) is 2.03. The molecule has 0 aliphatic rings. The third kappa shape index (κ3) is 4.84. The minimum absolute atomic E-state index is 0.142. The molecule has 3 nitrogen and oxygen atoms in total. The number of aryl methyl sites for hydroxylation is 1. The summed E-state index contributed by atoms with van der Waals surface area (Å²) in [6, 6.07) is 6.68. The first-order valence-electron chi connectivity index (χ1n) is 7.09. The van der Waals surface area contributed by atoms with Crippen LogP contribution in [-0.4, -0.2) is 31.3 Å². The zero-order chi connectivity index (χ0) is 14.4. The second kappa shape index (κ2) is 7.51. The molecule has 0 saturated carbocycles. The third-order valence-corrected chi connectivity index (χ3v) is 3.45. The number of hydrogen-bond acceptors (Lipinski definition) is 3. The Labute approximate surface area is 117 Å². The van der Waals surface area contributed by atoms with Crippen LogP contribution in [0.1, 0.15) is 31.9 Å². The van der Waals surface area contributed by atoms with Gasteiger partial charge in [0.15, 0.2) is 0 Å². The molecule has 1 atom stereocenters. The Morgan fingerprint density at radius 3 is 2.47 bits per heavy atom. The Hall–Kier alpha value is -1.06. The molecular formula is C16H28N2O. The lowest BCUT2D eigenvalue weighted by Gasteiger charge is -2.27. The number of anilines is 1. The lowest BCUT2D eigenvalue weighted by molar-refractivity contribution is 0.270. The van der Waals surface area contributed by atoms with Crippen molar-refractivity contribution < 1.29 is 5.11 Å². The van der Waals surface area contributed by atoms with Crippen molar-refractivity contribution in [2.45, 2.75) is 40.3 Å². The summed E-state index contributed by atoms with van der Waals surface area (Å²) >= 11 is 0. The molecule has 0 spiro atoms. The van der Waals surface area contributed by atoms with Gasteiger partial charge in [0, 0.05) is 25.3 Å². The summed E-state index contributed by atoms with van der Waals surface area (Å²) in [5, 5.41) is 12.7. The summed E-state index contributed by atoms with van der Waals surface area (Å²) in [4.78, 5) is 2.13. The minimum atomic E-state index is 0.142. The number of aliphatic hydroxyl groups is 1. The molecule has 3 heteroatoms. The molecule has 1 rings (SSSR count). The van der Waals surface area contributed by atoms with Crippen LogP contribution in [0.3, 0.4) is 0 Å². The van der Waals surface area contributed by atoms with E-state index >= 15 is 0 Å². The van der Waals surface area contributed by atoms with Gasteiger partial charge in [-0.15, -0.1) is 0 Å². The molecular weight excluding hydrogens is 236 g/mol. The molecule has 0 aliphatic heterocycles. The normalized spacial score (nSPS) is 12.8. The Morgan fingerprint density at radius 1 is 1.26 bits per heavy atom. The fraction of sp³-hybridized carbons (Fsp3) is 0.625. The second-order valence-corrected chi connectivity index (χ2v) is 5.79. The largest absolute Gasteiger partial charge is 0.394 e. The van der Waals surface area contributed by atoms with Gasteiger partial charge < -0.3 is 15.3 Å². The SMILES string of the molecule is Cc1cc(CNCC(C)C)ccc1N(C)C(C)CO. The van der Waals surface area contributed by atoms with Crippen molar-refractivity contribution in [3.05, 3.63) is 29.3 Å².